The molecule has 3 heterocycles. The summed E-state index contributed by atoms with van der Waals surface area (Å²) < 4.78 is 1.89. The summed E-state index contributed by atoms with van der Waals surface area (Å²) in [6.45, 7) is 6.83. The predicted molar refractivity (Wildman–Crippen MR) is 79.7 cm³/mol. The van der Waals surface area contributed by atoms with E-state index < -0.39 is 0 Å². The standard InChI is InChI=1S/C15H18N6/c1-10-7-15-17-9-14(12(3)21(15)20-10)11(2)16-8-13-5-4-6-18-19-13/h4-7,9,11,16H,8H2,1-3H3. The zero-order valence-electron chi connectivity index (χ0n) is 12.4. The summed E-state index contributed by atoms with van der Waals surface area (Å²) in [5, 5.41) is 15.9. The third-order valence-corrected chi connectivity index (χ3v) is 3.57. The Balaban J connectivity index is 1.81. The molecule has 0 bridgehead atoms. The van der Waals surface area contributed by atoms with Gasteiger partial charge in [0.25, 0.3) is 0 Å². The van der Waals surface area contributed by atoms with Crippen molar-refractivity contribution in [2.45, 2.75) is 33.4 Å². The normalized spacial score (nSPS) is 12.7. The van der Waals surface area contributed by atoms with Crippen molar-refractivity contribution in [1.82, 2.24) is 30.1 Å². The first kappa shape index (κ1) is 13.6. The van der Waals surface area contributed by atoms with Gasteiger partial charge in [0, 0.05) is 42.3 Å². The van der Waals surface area contributed by atoms with Crippen LogP contribution in [0.3, 0.4) is 0 Å². The molecule has 0 radical (unpaired) electrons. The molecule has 0 fully saturated rings. The fourth-order valence-electron chi connectivity index (χ4n) is 2.40. The maximum atomic E-state index is 4.48. The molecule has 0 aliphatic heterocycles. The van der Waals surface area contributed by atoms with E-state index in [0.29, 0.717) is 6.54 Å². The molecule has 3 aromatic heterocycles. The number of rotatable bonds is 4. The molecule has 0 aliphatic rings. The van der Waals surface area contributed by atoms with Gasteiger partial charge < -0.3 is 5.32 Å². The molecule has 21 heavy (non-hydrogen) atoms. The number of hydrogen-bond donors (Lipinski definition) is 1. The van der Waals surface area contributed by atoms with Gasteiger partial charge in [-0.2, -0.15) is 15.3 Å². The zero-order chi connectivity index (χ0) is 14.8. The molecule has 0 amide bonds. The molecule has 3 aromatic rings. The van der Waals surface area contributed by atoms with Gasteiger partial charge in [0.05, 0.1) is 11.4 Å². The highest BCUT2D eigenvalue weighted by Crippen LogP contribution is 2.18. The summed E-state index contributed by atoms with van der Waals surface area (Å²) in [4.78, 5) is 4.47. The van der Waals surface area contributed by atoms with Crippen molar-refractivity contribution < 1.29 is 0 Å². The molecular formula is C15H18N6. The van der Waals surface area contributed by atoms with Crippen molar-refractivity contribution in [2.24, 2.45) is 0 Å². The van der Waals surface area contributed by atoms with Crippen LogP contribution in [0.15, 0.2) is 30.6 Å². The van der Waals surface area contributed by atoms with Crippen molar-refractivity contribution in [3.63, 3.8) is 0 Å². The molecular weight excluding hydrogens is 264 g/mol. The Morgan fingerprint density at radius 1 is 1.33 bits per heavy atom. The van der Waals surface area contributed by atoms with E-state index in [1.54, 1.807) is 6.20 Å². The van der Waals surface area contributed by atoms with Crippen LogP contribution in [0.1, 0.15) is 35.6 Å². The van der Waals surface area contributed by atoms with Gasteiger partial charge in [-0.15, -0.1) is 0 Å². The van der Waals surface area contributed by atoms with Crippen molar-refractivity contribution >= 4 is 5.65 Å². The lowest BCUT2D eigenvalue weighted by molar-refractivity contribution is 0.555. The smallest absolute Gasteiger partial charge is 0.155 e. The largest absolute Gasteiger partial charge is 0.304 e. The number of fused-ring (bicyclic) bond motifs is 1. The number of aromatic nitrogens is 5. The lowest BCUT2D eigenvalue weighted by Crippen LogP contribution is -2.21. The van der Waals surface area contributed by atoms with Crippen molar-refractivity contribution in [3.05, 3.63) is 53.2 Å². The lowest BCUT2D eigenvalue weighted by atomic mass is 10.1. The van der Waals surface area contributed by atoms with E-state index >= 15 is 0 Å². The van der Waals surface area contributed by atoms with Crippen LogP contribution in [-0.4, -0.2) is 24.8 Å². The molecule has 6 heteroatoms. The minimum Gasteiger partial charge on any atom is -0.304 e. The van der Waals surface area contributed by atoms with Gasteiger partial charge in [0.15, 0.2) is 5.65 Å². The first-order chi connectivity index (χ1) is 10.1. The summed E-state index contributed by atoms with van der Waals surface area (Å²) in [5.41, 5.74) is 5.02. The number of nitrogens with zero attached hydrogens (tertiary/aromatic N) is 5. The molecule has 0 aliphatic carbocycles. The Kier molecular flexibility index (Phi) is 3.62. The van der Waals surface area contributed by atoms with E-state index in [0.717, 1.165) is 28.3 Å². The molecule has 108 valence electrons. The van der Waals surface area contributed by atoms with Gasteiger partial charge in [-0.3, -0.25) is 0 Å². The second-order valence-electron chi connectivity index (χ2n) is 5.17. The van der Waals surface area contributed by atoms with Crippen LogP contribution in [0.2, 0.25) is 0 Å². The lowest BCUT2D eigenvalue weighted by Gasteiger charge is -2.16. The Hall–Kier alpha value is -2.34. The molecule has 3 rings (SSSR count). The Morgan fingerprint density at radius 2 is 2.19 bits per heavy atom. The Morgan fingerprint density at radius 3 is 2.95 bits per heavy atom. The topological polar surface area (TPSA) is 68.0 Å². The third kappa shape index (κ3) is 2.75. The highest BCUT2D eigenvalue weighted by Gasteiger charge is 2.13. The fourth-order valence-corrected chi connectivity index (χ4v) is 2.40. The van der Waals surface area contributed by atoms with E-state index in [4.69, 9.17) is 0 Å². The van der Waals surface area contributed by atoms with Gasteiger partial charge in [0.1, 0.15) is 0 Å². The first-order valence-corrected chi connectivity index (χ1v) is 6.97. The van der Waals surface area contributed by atoms with Crippen LogP contribution in [0.25, 0.3) is 5.65 Å². The third-order valence-electron chi connectivity index (χ3n) is 3.57. The van der Waals surface area contributed by atoms with Gasteiger partial charge in [-0.1, -0.05) is 0 Å². The highest BCUT2D eigenvalue weighted by molar-refractivity contribution is 5.42. The summed E-state index contributed by atoms with van der Waals surface area (Å²) >= 11 is 0. The minimum absolute atomic E-state index is 0.161. The summed E-state index contributed by atoms with van der Waals surface area (Å²) in [7, 11) is 0. The molecule has 1 atom stereocenters. The monoisotopic (exact) mass is 282 g/mol. The van der Waals surface area contributed by atoms with E-state index in [1.165, 1.54) is 0 Å². The number of aryl methyl sites for hydroxylation is 2. The van der Waals surface area contributed by atoms with E-state index in [-0.39, 0.29) is 6.04 Å². The molecule has 0 aromatic carbocycles. The SMILES string of the molecule is Cc1cc2ncc(C(C)NCc3cccnn3)c(C)n2n1. The average molecular weight is 282 g/mol. The second kappa shape index (κ2) is 5.57. The van der Waals surface area contributed by atoms with Crippen LogP contribution in [0, 0.1) is 13.8 Å². The first-order valence-electron chi connectivity index (χ1n) is 6.97. The number of hydrogen-bond acceptors (Lipinski definition) is 5. The Bertz CT molecular complexity index is 749. The van der Waals surface area contributed by atoms with Crippen molar-refractivity contribution in [1.29, 1.82) is 0 Å². The molecule has 0 saturated heterocycles. The predicted octanol–water partition coefficient (Wildman–Crippen LogP) is 1.99. The van der Waals surface area contributed by atoms with Crippen LogP contribution in [-0.2, 0) is 6.54 Å². The van der Waals surface area contributed by atoms with Gasteiger partial charge >= 0.3 is 0 Å². The second-order valence-corrected chi connectivity index (χ2v) is 5.17. The maximum Gasteiger partial charge on any atom is 0.155 e. The zero-order valence-corrected chi connectivity index (χ0v) is 12.4. The van der Waals surface area contributed by atoms with Crippen molar-refractivity contribution in [2.75, 3.05) is 0 Å². The summed E-state index contributed by atoms with van der Waals surface area (Å²) in [6.07, 6.45) is 3.59. The molecule has 0 saturated carbocycles. The van der Waals surface area contributed by atoms with E-state index in [1.807, 2.05) is 35.8 Å². The summed E-state index contributed by atoms with van der Waals surface area (Å²) in [6, 6.07) is 5.99. The van der Waals surface area contributed by atoms with Crippen molar-refractivity contribution in [3.8, 4) is 0 Å². The molecule has 1 N–H and O–H groups in total. The molecule has 0 spiro atoms. The number of nitrogens with one attached hydrogen (secondary N) is 1. The van der Waals surface area contributed by atoms with Crippen LogP contribution < -0.4 is 5.32 Å². The Labute approximate surface area is 123 Å². The minimum atomic E-state index is 0.161. The fraction of sp³-hybridized carbons (Fsp3) is 0.333. The highest BCUT2D eigenvalue weighted by atomic mass is 15.3. The van der Waals surface area contributed by atoms with Gasteiger partial charge in [-0.25, -0.2) is 9.50 Å². The maximum absolute atomic E-state index is 4.48. The van der Waals surface area contributed by atoms with Gasteiger partial charge in [-0.05, 0) is 32.9 Å². The van der Waals surface area contributed by atoms with E-state index in [2.05, 4.69) is 39.4 Å². The van der Waals surface area contributed by atoms with E-state index in [9.17, 15) is 0 Å². The molecule has 1 unspecified atom stereocenters. The summed E-state index contributed by atoms with van der Waals surface area (Å²) in [5.74, 6) is 0. The van der Waals surface area contributed by atoms with Crippen LogP contribution >= 0.6 is 0 Å². The average Bonchev–Trinajstić information content (AvgIpc) is 2.88. The van der Waals surface area contributed by atoms with Gasteiger partial charge in [0.2, 0.25) is 0 Å². The molecule has 6 nitrogen and oxygen atoms in total. The van der Waals surface area contributed by atoms with Crippen LogP contribution in [0.5, 0.6) is 0 Å². The quantitative estimate of drug-likeness (QED) is 0.792. The van der Waals surface area contributed by atoms with Crippen LogP contribution in [0.4, 0.5) is 0 Å².